The second kappa shape index (κ2) is 4.26. The van der Waals surface area contributed by atoms with E-state index in [1.165, 1.54) is 4.31 Å². The average molecular weight is 260 g/mol. The second-order valence-corrected chi connectivity index (χ2v) is 6.47. The van der Waals surface area contributed by atoms with Gasteiger partial charge in [0.05, 0.1) is 11.4 Å². The van der Waals surface area contributed by atoms with Crippen LogP contribution in [0, 0.1) is 0 Å². The molecule has 3 nitrogen and oxygen atoms in total. The SMILES string of the molecule is CCS(=O)(=O)N1CCCc2cc(Cl)ccc21. The number of aryl methyl sites for hydroxylation is 1. The molecule has 1 aliphatic rings. The summed E-state index contributed by atoms with van der Waals surface area (Å²) in [7, 11) is -3.16. The van der Waals surface area contributed by atoms with E-state index >= 15 is 0 Å². The first kappa shape index (κ1) is 11.7. The van der Waals surface area contributed by atoms with Crippen LogP contribution < -0.4 is 4.31 Å². The molecule has 0 saturated carbocycles. The number of anilines is 1. The number of fused-ring (bicyclic) bond motifs is 1. The van der Waals surface area contributed by atoms with E-state index in [0.717, 1.165) is 24.1 Å². The molecule has 0 spiro atoms. The second-order valence-electron chi connectivity index (χ2n) is 3.85. The van der Waals surface area contributed by atoms with E-state index in [1.54, 1.807) is 19.1 Å². The third-order valence-electron chi connectivity index (χ3n) is 2.82. The van der Waals surface area contributed by atoms with Gasteiger partial charge in [-0.15, -0.1) is 0 Å². The van der Waals surface area contributed by atoms with Crippen molar-refractivity contribution < 1.29 is 8.42 Å². The molecule has 5 heteroatoms. The number of hydrogen-bond acceptors (Lipinski definition) is 2. The van der Waals surface area contributed by atoms with Gasteiger partial charge < -0.3 is 0 Å². The van der Waals surface area contributed by atoms with E-state index in [1.807, 2.05) is 6.07 Å². The van der Waals surface area contributed by atoms with Crippen LogP contribution in [0.4, 0.5) is 5.69 Å². The highest BCUT2D eigenvalue weighted by Crippen LogP contribution is 2.31. The molecule has 0 N–H and O–H groups in total. The standard InChI is InChI=1S/C11H14ClNO2S/c1-2-16(14,15)13-7-3-4-9-8-10(12)5-6-11(9)13/h5-6,8H,2-4,7H2,1H3. The molecule has 2 rings (SSSR count). The van der Waals surface area contributed by atoms with Crippen molar-refractivity contribution >= 4 is 27.3 Å². The summed E-state index contributed by atoms with van der Waals surface area (Å²) in [6, 6.07) is 5.39. The van der Waals surface area contributed by atoms with Gasteiger partial charge in [-0.2, -0.15) is 0 Å². The summed E-state index contributed by atoms with van der Waals surface area (Å²) in [4.78, 5) is 0. The van der Waals surface area contributed by atoms with Gasteiger partial charge in [-0.05, 0) is 43.5 Å². The highest BCUT2D eigenvalue weighted by Gasteiger charge is 2.25. The number of hydrogen-bond donors (Lipinski definition) is 0. The molecule has 1 aromatic rings. The highest BCUT2D eigenvalue weighted by molar-refractivity contribution is 7.92. The van der Waals surface area contributed by atoms with Crippen molar-refractivity contribution in [1.82, 2.24) is 0 Å². The van der Waals surface area contributed by atoms with Crippen molar-refractivity contribution in [3.8, 4) is 0 Å². The largest absolute Gasteiger partial charge is 0.270 e. The van der Waals surface area contributed by atoms with Crippen molar-refractivity contribution in [3.63, 3.8) is 0 Å². The van der Waals surface area contributed by atoms with Gasteiger partial charge in [0.15, 0.2) is 0 Å². The summed E-state index contributed by atoms with van der Waals surface area (Å²) in [6.45, 7) is 2.24. The number of nitrogens with zero attached hydrogens (tertiary/aromatic N) is 1. The first-order chi connectivity index (χ1) is 7.54. The van der Waals surface area contributed by atoms with Crippen LogP contribution in [0.1, 0.15) is 18.9 Å². The Morgan fingerprint density at radius 1 is 1.44 bits per heavy atom. The van der Waals surface area contributed by atoms with Gasteiger partial charge in [0.1, 0.15) is 0 Å². The van der Waals surface area contributed by atoms with Crippen LogP contribution >= 0.6 is 11.6 Å². The fourth-order valence-electron chi connectivity index (χ4n) is 1.98. The molecule has 88 valence electrons. The minimum absolute atomic E-state index is 0.134. The first-order valence-electron chi connectivity index (χ1n) is 5.33. The van der Waals surface area contributed by atoms with Gasteiger partial charge in [0.2, 0.25) is 10.0 Å². The molecule has 0 amide bonds. The van der Waals surface area contributed by atoms with Crippen LogP contribution in [0.25, 0.3) is 0 Å². The maximum Gasteiger partial charge on any atom is 0.234 e. The fourth-order valence-corrected chi connectivity index (χ4v) is 3.37. The molecule has 0 aliphatic carbocycles. The Balaban J connectivity index is 2.49. The zero-order valence-corrected chi connectivity index (χ0v) is 10.7. The lowest BCUT2D eigenvalue weighted by molar-refractivity contribution is 0.588. The summed E-state index contributed by atoms with van der Waals surface area (Å²) in [5.41, 5.74) is 1.81. The highest BCUT2D eigenvalue weighted by atomic mass is 35.5. The van der Waals surface area contributed by atoms with Crippen molar-refractivity contribution in [2.24, 2.45) is 0 Å². The van der Waals surface area contributed by atoms with Gasteiger partial charge in [-0.1, -0.05) is 11.6 Å². The van der Waals surface area contributed by atoms with Crippen LogP contribution in [-0.2, 0) is 16.4 Å². The first-order valence-corrected chi connectivity index (χ1v) is 7.32. The van der Waals surface area contributed by atoms with Crippen LogP contribution in [0.5, 0.6) is 0 Å². The topological polar surface area (TPSA) is 37.4 Å². The molecule has 1 aliphatic heterocycles. The Labute approximate surface area is 101 Å². The predicted molar refractivity (Wildman–Crippen MR) is 66.6 cm³/mol. The maximum absolute atomic E-state index is 11.9. The molecule has 0 atom stereocenters. The van der Waals surface area contributed by atoms with E-state index in [4.69, 9.17) is 11.6 Å². The Morgan fingerprint density at radius 3 is 2.88 bits per heavy atom. The third kappa shape index (κ3) is 2.04. The van der Waals surface area contributed by atoms with Crippen LogP contribution in [0.2, 0.25) is 5.02 Å². The summed E-state index contributed by atoms with van der Waals surface area (Å²) >= 11 is 5.90. The van der Waals surface area contributed by atoms with Gasteiger partial charge in [0, 0.05) is 11.6 Å². The Morgan fingerprint density at radius 2 is 2.19 bits per heavy atom. The Kier molecular flexibility index (Phi) is 3.13. The van der Waals surface area contributed by atoms with Crippen molar-refractivity contribution in [2.75, 3.05) is 16.6 Å². The number of benzene rings is 1. The molecule has 0 radical (unpaired) electrons. The lowest BCUT2D eigenvalue weighted by Gasteiger charge is -2.30. The lowest BCUT2D eigenvalue weighted by Crippen LogP contribution is -2.36. The molecule has 0 unspecified atom stereocenters. The quantitative estimate of drug-likeness (QED) is 0.818. The molecule has 0 bridgehead atoms. The fraction of sp³-hybridized carbons (Fsp3) is 0.455. The van der Waals surface area contributed by atoms with Gasteiger partial charge >= 0.3 is 0 Å². The normalized spacial score (nSPS) is 16.0. The predicted octanol–water partition coefficient (Wildman–Crippen LogP) is 2.44. The molecule has 16 heavy (non-hydrogen) atoms. The van der Waals surface area contributed by atoms with E-state index < -0.39 is 10.0 Å². The van der Waals surface area contributed by atoms with E-state index in [0.29, 0.717) is 11.6 Å². The molecule has 0 aromatic heterocycles. The van der Waals surface area contributed by atoms with Crippen LogP contribution in [-0.4, -0.2) is 20.7 Å². The number of sulfonamides is 1. The number of rotatable bonds is 2. The van der Waals surface area contributed by atoms with Crippen molar-refractivity contribution in [1.29, 1.82) is 0 Å². The Hall–Kier alpha value is -0.740. The molecule has 0 fully saturated rings. The maximum atomic E-state index is 11.9. The molecule has 0 saturated heterocycles. The Bertz CT molecular complexity index is 499. The van der Waals surface area contributed by atoms with E-state index in [9.17, 15) is 8.42 Å². The molecule has 1 aromatic carbocycles. The molecular weight excluding hydrogens is 246 g/mol. The van der Waals surface area contributed by atoms with Crippen molar-refractivity contribution in [3.05, 3.63) is 28.8 Å². The monoisotopic (exact) mass is 259 g/mol. The van der Waals surface area contributed by atoms with Gasteiger partial charge in [-0.25, -0.2) is 8.42 Å². The van der Waals surface area contributed by atoms with Gasteiger partial charge in [-0.3, -0.25) is 4.31 Å². The summed E-state index contributed by atoms with van der Waals surface area (Å²) < 4.78 is 25.3. The minimum atomic E-state index is -3.16. The molecule has 1 heterocycles. The zero-order chi connectivity index (χ0) is 11.8. The zero-order valence-electron chi connectivity index (χ0n) is 9.11. The van der Waals surface area contributed by atoms with Gasteiger partial charge in [0.25, 0.3) is 0 Å². The van der Waals surface area contributed by atoms with Crippen LogP contribution in [0.15, 0.2) is 18.2 Å². The molecular formula is C11H14ClNO2S. The van der Waals surface area contributed by atoms with Crippen molar-refractivity contribution in [2.45, 2.75) is 19.8 Å². The smallest absolute Gasteiger partial charge is 0.234 e. The van der Waals surface area contributed by atoms with Crippen LogP contribution in [0.3, 0.4) is 0 Å². The third-order valence-corrected chi connectivity index (χ3v) is 4.83. The summed E-state index contributed by atoms with van der Waals surface area (Å²) in [6.07, 6.45) is 1.75. The number of halogens is 1. The minimum Gasteiger partial charge on any atom is -0.270 e. The average Bonchev–Trinajstić information content (AvgIpc) is 2.27. The summed E-state index contributed by atoms with van der Waals surface area (Å²) in [5, 5.41) is 0.662. The lowest BCUT2D eigenvalue weighted by atomic mass is 10.0. The van der Waals surface area contributed by atoms with E-state index in [2.05, 4.69) is 0 Å². The summed E-state index contributed by atoms with van der Waals surface area (Å²) in [5.74, 6) is 0.134. The van der Waals surface area contributed by atoms with E-state index in [-0.39, 0.29) is 5.75 Å².